The molecule has 2 saturated heterocycles. The maximum Gasteiger partial charge on any atom is 0.323 e. The standard InChI is InChI=1S/C24H43N3O6/c1-22(2,3)31-19(28)14-27-13-16(11-18(27)21(30)33-24(7,8)9)26-15-10-17(25-12-15)20(29)32-23(4,5)6/h15-18,25-26H,10-14H2,1-9H3/t15-,16-,17-,18-/m0/s1. The molecule has 0 saturated carbocycles. The highest BCUT2D eigenvalue weighted by atomic mass is 16.6. The normalized spacial score (nSPS) is 26.8. The molecule has 2 aliphatic rings. The van der Waals surface area contributed by atoms with Gasteiger partial charge in [0.2, 0.25) is 0 Å². The zero-order chi connectivity index (χ0) is 25.2. The van der Waals surface area contributed by atoms with E-state index in [4.69, 9.17) is 14.2 Å². The Morgan fingerprint density at radius 2 is 1.36 bits per heavy atom. The van der Waals surface area contributed by atoms with Gasteiger partial charge in [0.1, 0.15) is 28.9 Å². The van der Waals surface area contributed by atoms with Gasteiger partial charge in [-0.3, -0.25) is 19.3 Å². The van der Waals surface area contributed by atoms with Crippen LogP contribution in [0.3, 0.4) is 0 Å². The SMILES string of the molecule is CC(C)(C)OC(=O)CN1C[C@@H](N[C@@H]2CN[C@H](C(=O)OC(C)(C)C)C2)C[C@H]1C(=O)OC(C)(C)C. The maximum absolute atomic E-state index is 12.9. The number of carbonyl (C=O) groups is 3. The Bertz CT molecular complexity index is 719. The molecule has 2 fully saturated rings. The van der Waals surface area contributed by atoms with Crippen LogP contribution in [0.4, 0.5) is 0 Å². The molecular formula is C24H43N3O6. The number of hydrogen-bond acceptors (Lipinski definition) is 9. The van der Waals surface area contributed by atoms with Crippen LogP contribution in [0.15, 0.2) is 0 Å². The summed E-state index contributed by atoms with van der Waals surface area (Å²) in [6, 6.07) is -0.852. The number of nitrogens with zero attached hydrogens (tertiary/aromatic N) is 1. The second kappa shape index (κ2) is 10.3. The van der Waals surface area contributed by atoms with Crippen molar-refractivity contribution < 1.29 is 28.6 Å². The number of likely N-dealkylation sites (tertiary alicyclic amines) is 1. The van der Waals surface area contributed by atoms with E-state index in [2.05, 4.69) is 10.6 Å². The van der Waals surface area contributed by atoms with E-state index in [9.17, 15) is 14.4 Å². The van der Waals surface area contributed by atoms with Crippen molar-refractivity contribution in [1.82, 2.24) is 15.5 Å². The van der Waals surface area contributed by atoms with Crippen molar-refractivity contribution in [3.05, 3.63) is 0 Å². The van der Waals surface area contributed by atoms with Crippen LogP contribution in [0.2, 0.25) is 0 Å². The number of rotatable bonds is 6. The fourth-order valence-corrected chi connectivity index (χ4v) is 4.10. The molecule has 0 bridgehead atoms. The van der Waals surface area contributed by atoms with Crippen molar-refractivity contribution in [2.24, 2.45) is 0 Å². The summed E-state index contributed by atoms with van der Waals surface area (Å²) in [6.45, 7) is 17.6. The number of hydrogen-bond donors (Lipinski definition) is 2. The highest BCUT2D eigenvalue weighted by Crippen LogP contribution is 2.24. The largest absolute Gasteiger partial charge is 0.459 e. The summed E-state index contributed by atoms with van der Waals surface area (Å²) in [5.74, 6) is -0.966. The van der Waals surface area contributed by atoms with Crippen molar-refractivity contribution in [1.29, 1.82) is 0 Å². The van der Waals surface area contributed by atoms with Crippen LogP contribution < -0.4 is 10.6 Å². The molecule has 0 radical (unpaired) electrons. The topological polar surface area (TPSA) is 106 Å². The highest BCUT2D eigenvalue weighted by Gasteiger charge is 2.42. The lowest BCUT2D eigenvalue weighted by Gasteiger charge is -2.27. The van der Waals surface area contributed by atoms with Crippen molar-refractivity contribution in [2.45, 2.75) is 116 Å². The fraction of sp³-hybridized carbons (Fsp3) is 0.875. The Balaban J connectivity index is 2.00. The first kappa shape index (κ1) is 27.5. The molecule has 0 spiro atoms. The summed E-state index contributed by atoms with van der Waals surface area (Å²) < 4.78 is 16.6. The molecular weight excluding hydrogens is 426 g/mol. The predicted molar refractivity (Wildman–Crippen MR) is 125 cm³/mol. The van der Waals surface area contributed by atoms with Crippen molar-refractivity contribution in [3.63, 3.8) is 0 Å². The summed E-state index contributed by atoms with van der Waals surface area (Å²) in [5, 5.41) is 6.77. The van der Waals surface area contributed by atoms with Crippen LogP contribution in [0, 0.1) is 0 Å². The van der Waals surface area contributed by atoms with Crippen molar-refractivity contribution in [2.75, 3.05) is 19.6 Å². The van der Waals surface area contributed by atoms with Crippen molar-refractivity contribution in [3.8, 4) is 0 Å². The molecule has 2 heterocycles. The summed E-state index contributed by atoms with van der Waals surface area (Å²) in [5.41, 5.74) is -1.74. The zero-order valence-corrected chi connectivity index (χ0v) is 21.7. The quantitative estimate of drug-likeness (QED) is 0.445. The van der Waals surface area contributed by atoms with E-state index in [0.29, 0.717) is 25.9 Å². The molecule has 0 unspecified atom stereocenters. The Morgan fingerprint density at radius 3 is 1.91 bits per heavy atom. The zero-order valence-electron chi connectivity index (χ0n) is 21.7. The average molecular weight is 470 g/mol. The van der Waals surface area contributed by atoms with Crippen molar-refractivity contribution >= 4 is 17.9 Å². The Hall–Kier alpha value is -1.71. The van der Waals surface area contributed by atoms with Gasteiger partial charge in [-0.2, -0.15) is 0 Å². The maximum atomic E-state index is 12.9. The van der Waals surface area contributed by atoms with Gasteiger partial charge < -0.3 is 24.8 Å². The van der Waals surface area contributed by atoms with Gasteiger partial charge in [0.15, 0.2) is 0 Å². The minimum atomic E-state index is -0.615. The summed E-state index contributed by atoms with van der Waals surface area (Å²) >= 11 is 0. The molecule has 0 aromatic carbocycles. The molecule has 0 amide bonds. The number of nitrogens with one attached hydrogen (secondary N) is 2. The third kappa shape index (κ3) is 9.59. The minimum Gasteiger partial charge on any atom is -0.459 e. The van der Waals surface area contributed by atoms with E-state index in [0.717, 1.165) is 0 Å². The van der Waals surface area contributed by atoms with Gasteiger partial charge in [-0.15, -0.1) is 0 Å². The molecule has 33 heavy (non-hydrogen) atoms. The van der Waals surface area contributed by atoms with E-state index in [1.807, 2.05) is 67.2 Å². The summed E-state index contributed by atoms with van der Waals surface area (Å²) in [4.78, 5) is 39.5. The second-order valence-electron chi connectivity index (χ2n) is 12.1. The van der Waals surface area contributed by atoms with Gasteiger partial charge in [-0.05, 0) is 75.2 Å². The Kier molecular flexibility index (Phi) is 8.57. The van der Waals surface area contributed by atoms with Gasteiger partial charge in [-0.1, -0.05) is 0 Å². The fourth-order valence-electron chi connectivity index (χ4n) is 4.10. The smallest absolute Gasteiger partial charge is 0.323 e. The van der Waals surface area contributed by atoms with Gasteiger partial charge in [0, 0.05) is 25.2 Å². The molecule has 2 N–H and O–H groups in total. The first-order chi connectivity index (χ1) is 14.9. The third-order valence-electron chi connectivity index (χ3n) is 5.13. The minimum absolute atomic E-state index is 0.0167. The van der Waals surface area contributed by atoms with E-state index >= 15 is 0 Å². The second-order valence-corrected chi connectivity index (χ2v) is 12.1. The summed E-state index contributed by atoms with van der Waals surface area (Å²) in [6.07, 6.45) is 1.12. The van der Waals surface area contributed by atoms with Crippen LogP contribution >= 0.6 is 0 Å². The molecule has 2 aliphatic heterocycles. The lowest BCUT2D eigenvalue weighted by molar-refractivity contribution is -0.163. The predicted octanol–water partition coefficient (Wildman–Crippen LogP) is 1.77. The lowest BCUT2D eigenvalue weighted by atomic mass is 10.1. The average Bonchev–Trinajstić information content (AvgIpc) is 3.17. The first-order valence-electron chi connectivity index (χ1n) is 11.8. The molecule has 0 aromatic heterocycles. The number of esters is 3. The molecule has 190 valence electrons. The van der Waals surface area contributed by atoms with Crippen LogP contribution in [0.1, 0.15) is 75.2 Å². The van der Waals surface area contributed by atoms with Crippen LogP contribution in [-0.4, -0.2) is 83.4 Å². The van der Waals surface area contributed by atoms with E-state index in [1.165, 1.54) is 0 Å². The van der Waals surface area contributed by atoms with E-state index in [-0.39, 0.29) is 42.6 Å². The molecule has 9 heteroatoms. The third-order valence-corrected chi connectivity index (χ3v) is 5.13. The van der Waals surface area contributed by atoms with Gasteiger partial charge in [0.25, 0.3) is 0 Å². The highest BCUT2D eigenvalue weighted by molar-refractivity contribution is 5.79. The van der Waals surface area contributed by atoms with Crippen LogP contribution in [0.25, 0.3) is 0 Å². The molecule has 2 rings (SSSR count). The lowest BCUT2D eigenvalue weighted by Crippen LogP contribution is -2.44. The van der Waals surface area contributed by atoms with E-state index in [1.54, 1.807) is 0 Å². The monoisotopic (exact) mass is 469 g/mol. The Morgan fingerprint density at radius 1 is 0.818 bits per heavy atom. The van der Waals surface area contributed by atoms with E-state index < -0.39 is 22.8 Å². The number of carbonyl (C=O) groups excluding carboxylic acids is 3. The van der Waals surface area contributed by atoms with Gasteiger partial charge in [0.05, 0.1) is 6.54 Å². The van der Waals surface area contributed by atoms with Gasteiger partial charge >= 0.3 is 17.9 Å². The van der Waals surface area contributed by atoms with Crippen LogP contribution in [0.5, 0.6) is 0 Å². The van der Waals surface area contributed by atoms with Gasteiger partial charge in [-0.25, -0.2) is 0 Å². The molecule has 9 nitrogen and oxygen atoms in total. The summed E-state index contributed by atoms with van der Waals surface area (Å²) in [7, 11) is 0. The molecule has 0 aromatic rings. The van der Waals surface area contributed by atoms with Crippen LogP contribution in [-0.2, 0) is 28.6 Å². The molecule has 4 atom stereocenters. The first-order valence-corrected chi connectivity index (χ1v) is 11.8. The Labute approximate surface area is 198 Å². The molecule has 0 aliphatic carbocycles. The number of ether oxygens (including phenoxy) is 3.